The summed E-state index contributed by atoms with van der Waals surface area (Å²) in [4.78, 5) is 8.32. The smallest absolute Gasteiger partial charge is 0.159 e. The van der Waals surface area contributed by atoms with Gasteiger partial charge in [-0.15, -0.1) is 0 Å². The fourth-order valence-corrected chi connectivity index (χ4v) is 1.71. The summed E-state index contributed by atoms with van der Waals surface area (Å²) in [5.74, 6) is 1.49. The lowest BCUT2D eigenvalue weighted by atomic mass is 10.4. The minimum atomic E-state index is 0.675. The maximum atomic E-state index is 6.11. The third-order valence-electron chi connectivity index (χ3n) is 2.43. The van der Waals surface area contributed by atoms with Crippen molar-refractivity contribution in [3.05, 3.63) is 28.8 Å². The molecule has 2 aromatic heterocycles. The lowest BCUT2D eigenvalue weighted by molar-refractivity contribution is 0.801. The molecule has 0 spiro atoms. The molecule has 17 heavy (non-hydrogen) atoms. The van der Waals surface area contributed by atoms with Crippen molar-refractivity contribution in [2.45, 2.75) is 20.8 Å². The van der Waals surface area contributed by atoms with Gasteiger partial charge in [-0.3, -0.25) is 0 Å². The first-order chi connectivity index (χ1) is 8.13. The Labute approximate surface area is 105 Å². The predicted molar refractivity (Wildman–Crippen MR) is 67.8 cm³/mol. The molecule has 0 saturated carbocycles. The zero-order chi connectivity index (χ0) is 12.4. The number of aryl methyl sites for hydroxylation is 1. The molecule has 6 heteroatoms. The molecule has 0 aliphatic rings. The van der Waals surface area contributed by atoms with Crippen molar-refractivity contribution < 1.29 is 0 Å². The lowest BCUT2D eigenvalue weighted by Crippen LogP contribution is -2.05. The van der Waals surface area contributed by atoms with Gasteiger partial charge in [-0.25, -0.2) is 14.6 Å². The van der Waals surface area contributed by atoms with Gasteiger partial charge in [-0.05, 0) is 20.8 Å². The van der Waals surface area contributed by atoms with Crippen LogP contribution < -0.4 is 5.32 Å². The second kappa shape index (κ2) is 4.71. The molecular weight excluding hydrogens is 238 g/mol. The van der Waals surface area contributed by atoms with E-state index < -0.39 is 0 Å². The van der Waals surface area contributed by atoms with Crippen LogP contribution in [0.5, 0.6) is 0 Å². The summed E-state index contributed by atoms with van der Waals surface area (Å²) in [6.07, 6.45) is 1.51. The van der Waals surface area contributed by atoms with Crippen molar-refractivity contribution in [2.75, 3.05) is 11.9 Å². The number of hydrogen-bond donors (Lipinski definition) is 1. The lowest BCUT2D eigenvalue weighted by Gasteiger charge is -2.06. The minimum absolute atomic E-state index is 0.675. The van der Waals surface area contributed by atoms with Crippen molar-refractivity contribution in [3.63, 3.8) is 0 Å². The first-order valence-electron chi connectivity index (χ1n) is 5.41. The summed E-state index contributed by atoms with van der Waals surface area (Å²) < 4.78 is 1.72. The van der Waals surface area contributed by atoms with Crippen LogP contribution in [0.15, 0.2) is 12.4 Å². The third kappa shape index (κ3) is 2.24. The highest BCUT2D eigenvalue weighted by molar-refractivity contribution is 6.31. The van der Waals surface area contributed by atoms with Gasteiger partial charge in [-0.1, -0.05) is 11.6 Å². The summed E-state index contributed by atoms with van der Waals surface area (Å²) in [5.41, 5.74) is 1.68. The number of nitrogens with one attached hydrogen (secondary N) is 1. The van der Waals surface area contributed by atoms with E-state index in [-0.39, 0.29) is 0 Å². The van der Waals surface area contributed by atoms with E-state index in [2.05, 4.69) is 20.4 Å². The Kier molecular flexibility index (Phi) is 3.28. The molecule has 5 nitrogen and oxygen atoms in total. The summed E-state index contributed by atoms with van der Waals surface area (Å²) in [6.45, 7) is 6.62. The number of aromatic nitrogens is 4. The molecule has 2 aromatic rings. The molecule has 0 aliphatic heterocycles. The Morgan fingerprint density at radius 3 is 2.71 bits per heavy atom. The highest BCUT2D eigenvalue weighted by Gasteiger charge is 2.11. The Hall–Kier alpha value is -1.62. The van der Waals surface area contributed by atoms with Gasteiger partial charge in [0.1, 0.15) is 12.1 Å². The Bertz CT molecular complexity index is 535. The Morgan fingerprint density at radius 1 is 1.35 bits per heavy atom. The molecule has 0 fully saturated rings. The summed E-state index contributed by atoms with van der Waals surface area (Å²) >= 11 is 6.11. The molecule has 0 saturated heterocycles. The van der Waals surface area contributed by atoms with Crippen LogP contribution in [0.4, 0.5) is 5.82 Å². The average Bonchev–Trinajstić information content (AvgIpc) is 2.58. The van der Waals surface area contributed by atoms with E-state index in [1.165, 1.54) is 6.33 Å². The maximum Gasteiger partial charge on any atom is 0.159 e. The second-order valence-corrected chi connectivity index (χ2v) is 4.07. The van der Waals surface area contributed by atoms with Crippen molar-refractivity contribution in [2.24, 2.45) is 0 Å². The number of rotatable bonds is 3. The summed E-state index contributed by atoms with van der Waals surface area (Å²) in [5, 5.41) is 8.16. The fraction of sp³-hybridized carbons (Fsp3) is 0.364. The molecular formula is C11H14ClN5. The van der Waals surface area contributed by atoms with Gasteiger partial charge in [0, 0.05) is 12.6 Å². The number of nitrogens with zero attached hydrogens (tertiary/aromatic N) is 4. The van der Waals surface area contributed by atoms with Gasteiger partial charge in [0.2, 0.25) is 0 Å². The van der Waals surface area contributed by atoms with Gasteiger partial charge in [-0.2, -0.15) is 5.10 Å². The highest BCUT2D eigenvalue weighted by Crippen LogP contribution is 2.21. The Morgan fingerprint density at radius 2 is 2.12 bits per heavy atom. The number of hydrogen-bond acceptors (Lipinski definition) is 4. The molecule has 0 amide bonds. The van der Waals surface area contributed by atoms with Gasteiger partial charge in [0.25, 0.3) is 0 Å². The van der Waals surface area contributed by atoms with Crippen LogP contribution in [0.25, 0.3) is 5.82 Å². The summed E-state index contributed by atoms with van der Waals surface area (Å²) in [6, 6.07) is 1.85. The van der Waals surface area contributed by atoms with Crippen molar-refractivity contribution >= 4 is 17.4 Å². The zero-order valence-corrected chi connectivity index (χ0v) is 10.8. The molecule has 0 aliphatic carbocycles. The monoisotopic (exact) mass is 251 g/mol. The molecule has 2 heterocycles. The average molecular weight is 252 g/mol. The molecule has 0 bridgehead atoms. The first kappa shape index (κ1) is 11.9. The van der Waals surface area contributed by atoms with Gasteiger partial charge in [0.15, 0.2) is 5.82 Å². The standard InChI is InChI=1S/C11H14ClN5/c1-4-13-9-5-10(15-6-14-9)17-8(3)11(12)7(2)16-17/h5-6H,4H2,1-3H3,(H,13,14,15). The second-order valence-electron chi connectivity index (χ2n) is 3.69. The molecule has 0 radical (unpaired) electrons. The van der Waals surface area contributed by atoms with E-state index in [1.807, 2.05) is 26.8 Å². The van der Waals surface area contributed by atoms with Crippen LogP contribution in [0.1, 0.15) is 18.3 Å². The van der Waals surface area contributed by atoms with Gasteiger partial charge >= 0.3 is 0 Å². The zero-order valence-electron chi connectivity index (χ0n) is 10.0. The maximum absolute atomic E-state index is 6.11. The van der Waals surface area contributed by atoms with Crippen molar-refractivity contribution in [1.82, 2.24) is 19.7 Å². The van der Waals surface area contributed by atoms with Crippen LogP contribution in [0, 0.1) is 13.8 Å². The Balaban J connectivity index is 2.45. The topological polar surface area (TPSA) is 55.6 Å². The minimum Gasteiger partial charge on any atom is -0.370 e. The summed E-state index contributed by atoms with van der Waals surface area (Å²) in [7, 11) is 0. The van der Waals surface area contributed by atoms with E-state index in [4.69, 9.17) is 11.6 Å². The van der Waals surface area contributed by atoms with Gasteiger partial charge < -0.3 is 5.32 Å². The molecule has 0 unspecified atom stereocenters. The van der Waals surface area contributed by atoms with Crippen LogP contribution >= 0.6 is 11.6 Å². The van der Waals surface area contributed by atoms with Crippen LogP contribution in [0.2, 0.25) is 5.02 Å². The molecule has 0 aromatic carbocycles. The molecule has 90 valence electrons. The molecule has 0 atom stereocenters. The van der Waals surface area contributed by atoms with Crippen LogP contribution in [0.3, 0.4) is 0 Å². The highest BCUT2D eigenvalue weighted by atomic mass is 35.5. The fourth-order valence-electron chi connectivity index (χ4n) is 1.59. The van der Waals surface area contributed by atoms with Crippen molar-refractivity contribution in [3.8, 4) is 5.82 Å². The number of anilines is 1. The van der Waals surface area contributed by atoms with E-state index in [0.29, 0.717) is 10.8 Å². The van der Waals surface area contributed by atoms with E-state index >= 15 is 0 Å². The van der Waals surface area contributed by atoms with Crippen LogP contribution in [-0.4, -0.2) is 26.3 Å². The van der Waals surface area contributed by atoms with E-state index in [0.717, 1.165) is 23.8 Å². The SMILES string of the molecule is CCNc1cc(-n2nc(C)c(Cl)c2C)ncn1. The predicted octanol–water partition coefficient (Wildman–Crippen LogP) is 2.36. The van der Waals surface area contributed by atoms with Crippen LogP contribution in [-0.2, 0) is 0 Å². The number of halogens is 1. The first-order valence-corrected chi connectivity index (χ1v) is 5.79. The van der Waals surface area contributed by atoms with E-state index in [9.17, 15) is 0 Å². The third-order valence-corrected chi connectivity index (χ3v) is 2.98. The molecule has 2 rings (SSSR count). The van der Waals surface area contributed by atoms with Crippen molar-refractivity contribution in [1.29, 1.82) is 0 Å². The normalized spacial score (nSPS) is 10.6. The van der Waals surface area contributed by atoms with Gasteiger partial charge in [0.05, 0.1) is 16.4 Å². The molecule has 1 N–H and O–H groups in total. The quantitative estimate of drug-likeness (QED) is 0.910. The van der Waals surface area contributed by atoms with E-state index in [1.54, 1.807) is 4.68 Å². The largest absolute Gasteiger partial charge is 0.370 e.